The number of carbonyl (C=O) groups excluding carboxylic acids is 1. The number of nitrogens with zero attached hydrogens (tertiary/aromatic N) is 3. The minimum absolute atomic E-state index is 0.139. The Morgan fingerprint density at radius 2 is 2.00 bits per heavy atom. The van der Waals surface area contributed by atoms with Gasteiger partial charge in [-0.1, -0.05) is 41.4 Å². The number of hydrogen-bond acceptors (Lipinski definition) is 4. The van der Waals surface area contributed by atoms with Gasteiger partial charge in [-0.15, -0.1) is 0 Å². The van der Waals surface area contributed by atoms with Gasteiger partial charge in [0.25, 0.3) is 0 Å². The second-order valence-corrected chi connectivity index (χ2v) is 7.15. The average Bonchev–Trinajstić information content (AvgIpc) is 3.00. The van der Waals surface area contributed by atoms with Crippen molar-refractivity contribution in [2.24, 2.45) is 0 Å². The molecule has 0 bridgehead atoms. The van der Waals surface area contributed by atoms with Gasteiger partial charge < -0.3 is 10.1 Å². The number of rotatable bonds is 7. The maximum Gasteiger partial charge on any atom is 0.225 e. The number of halogens is 2. The molecular weight excluding hydrogens is 399 g/mol. The molecule has 0 aliphatic heterocycles. The number of amides is 1. The summed E-state index contributed by atoms with van der Waals surface area (Å²) < 4.78 is 7.22. The first-order chi connectivity index (χ1) is 13.4. The molecule has 2 heterocycles. The van der Waals surface area contributed by atoms with E-state index in [2.05, 4.69) is 15.4 Å². The largest absolute Gasteiger partial charge is 0.493 e. The number of carbonyl (C=O) groups is 1. The lowest BCUT2D eigenvalue weighted by atomic mass is 10.2. The fourth-order valence-electron chi connectivity index (χ4n) is 2.65. The van der Waals surface area contributed by atoms with Gasteiger partial charge in [-0.25, -0.2) is 4.98 Å². The molecule has 0 spiro atoms. The van der Waals surface area contributed by atoms with Crippen LogP contribution >= 0.6 is 23.2 Å². The SMILES string of the molecule is Cc1cc(NC(=O)CCCOc2ccccc2C)n(-c2ncc(Cl)cc2Cl)n1. The van der Waals surface area contributed by atoms with E-state index in [4.69, 9.17) is 27.9 Å². The van der Waals surface area contributed by atoms with E-state index < -0.39 is 0 Å². The Morgan fingerprint density at radius 3 is 2.75 bits per heavy atom. The molecular formula is C20H20Cl2N4O2. The molecule has 2 aromatic heterocycles. The molecule has 0 saturated heterocycles. The Kier molecular flexibility index (Phi) is 6.54. The van der Waals surface area contributed by atoms with E-state index in [1.807, 2.05) is 38.1 Å². The molecule has 0 fully saturated rings. The zero-order valence-corrected chi connectivity index (χ0v) is 17.1. The molecule has 1 amide bonds. The van der Waals surface area contributed by atoms with Crippen LogP contribution in [-0.2, 0) is 4.79 Å². The molecule has 0 saturated carbocycles. The molecule has 6 nitrogen and oxygen atoms in total. The van der Waals surface area contributed by atoms with Crippen LogP contribution in [0.15, 0.2) is 42.6 Å². The van der Waals surface area contributed by atoms with Crippen LogP contribution in [0.4, 0.5) is 5.82 Å². The zero-order chi connectivity index (χ0) is 20.1. The third-order valence-electron chi connectivity index (χ3n) is 3.99. The highest BCUT2D eigenvalue weighted by Crippen LogP contribution is 2.25. The van der Waals surface area contributed by atoms with Gasteiger partial charge in [-0.2, -0.15) is 9.78 Å². The second-order valence-electron chi connectivity index (χ2n) is 6.31. The van der Waals surface area contributed by atoms with Crippen molar-refractivity contribution in [3.05, 3.63) is 63.9 Å². The Labute approximate surface area is 173 Å². The number of pyridine rings is 1. The van der Waals surface area contributed by atoms with Crippen molar-refractivity contribution < 1.29 is 9.53 Å². The number of ether oxygens (including phenoxy) is 1. The van der Waals surface area contributed by atoms with Crippen LogP contribution in [0.1, 0.15) is 24.1 Å². The van der Waals surface area contributed by atoms with Crippen LogP contribution in [0, 0.1) is 13.8 Å². The standard InChI is InChI=1S/C20H20Cl2N4O2/c1-13-6-3-4-7-17(13)28-9-5-8-19(27)24-18-10-14(2)25-26(18)20-16(22)11-15(21)12-23-20/h3-4,6-7,10-12H,5,8-9H2,1-2H3,(H,24,27). The van der Waals surface area contributed by atoms with Gasteiger partial charge in [0, 0.05) is 18.7 Å². The highest BCUT2D eigenvalue weighted by Gasteiger charge is 2.14. The minimum atomic E-state index is -0.139. The van der Waals surface area contributed by atoms with Crippen LogP contribution in [0.2, 0.25) is 10.0 Å². The van der Waals surface area contributed by atoms with Crippen molar-refractivity contribution in [2.75, 3.05) is 11.9 Å². The van der Waals surface area contributed by atoms with Gasteiger partial charge in [0.05, 0.1) is 22.3 Å². The lowest BCUT2D eigenvalue weighted by molar-refractivity contribution is -0.116. The second kappa shape index (κ2) is 9.08. The molecule has 0 unspecified atom stereocenters. The van der Waals surface area contributed by atoms with Crippen molar-refractivity contribution >= 4 is 34.9 Å². The van der Waals surface area contributed by atoms with Crippen LogP contribution < -0.4 is 10.1 Å². The summed E-state index contributed by atoms with van der Waals surface area (Å²) in [6, 6.07) is 11.1. The number of nitrogens with one attached hydrogen (secondary N) is 1. The van der Waals surface area contributed by atoms with Crippen molar-refractivity contribution in [1.82, 2.24) is 14.8 Å². The molecule has 0 atom stereocenters. The maximum atomic E-state index is 12.3. The Hall–Kier alpha value is -2.57. The summed E-state index contributed by atoms with van der Waals surface area (Å²) in [7, 11) is 0. The normalized spacial score (nSPS) is 10.7. The van der Waals surface area contributed by atoms with Crippen molar-refractivity contribution in [2.45, 2.75) is 26.7 Å². The Morgan fingerprint density at radius 1 is 1.21 bits per heavy atom. The summed E-state index contributed by atoms with van der Waals surface area (Å²) in [6.45, 7) is 4.27. The molecule has 146 valence electrons. The first-order valence-electron chi connectivity index (χ1n) is 8.80. The smallest absolute Gasteiger partial charge is 0.225 e. The van der Waals surface area contributed by atoms with Gasteiger partial charge in [0.2, 0.25) is 5.91 Å². The molecule has 3 aromatic rings. The van der Waals surface area contributed by atoms with E-state index in [1.54, 1.807) is 12.1 Å². The van der Waals surface area contributed by atoms with E-state index >= 15 is 0 Å². The lowest BCUT2D eigenvalue weighted by Gasteiger charge is -2.10. The number of anilines is 1. The summed E-state index contributed by atoms with van der Waals surface area (Å²) >= 11 is 12.1. The lowest BCUT2D eigenvalue weighted by Crippen LogP contribution is -2.16. The van der Waals surface area contributed by atoms with E-state index in [0.717, 1.165) is 17.0 Å². The zero-order valence-electron chi connectivity index (χ0n) is 15.6. The first-order valence-corrected chi connectivity index (χ1v) is 9.56. The predicted octanol–water partition coefficient (Wildman–Crippen LogP) is 4.99. The average molecular weight is 419 g/mol. The number of para-hydroxylation sites is 1. The monoisotopic (exact) mass is 418 g/mol. The summed E-state index contributed by atoms with van der Waals surface area (Å²) in [5, 5.41) is 7.99. The van der Waals surface area contributed by atoms with Crippen molar-refractivity contribution in [3.63, 3.8) is 0 Å². The predicted molar refractivity (Wildman–Crippen MR) is 111 cm³/mol. The molecule has 1 N–H and O–H groups in total. The molecule has 3 rings (SSSR count). The highest BCUT2D eigenvalue weighted by atomic mass is 35.5. The number of aryl methyl sites for hydroxylation is 2. The summed E-state index contributed by atoms with van der Waals surface area (Å²) in [4.78, 5) is 16.6. The topological polar surface area (TPSA) is 69.0 Å². The van der Waals surface area contributed by atoms with Crippen molar-refractivity contribution in [3.8, 4) is 11.6 Å². The summed E-state index contributed by atoms with van der Waals surface area (Å²) in [5.74, 6) is 1.59. The molecule has 8 heteroatoms. The van der Waals surface area contributed by atoms with Gasteiger partial charge in [-0.3, -0.25) is 4.79 Å². The molecule has 1 aromatic carbocycles. The molecule has 0 radical (unpaired) electrons. The first kappa shape index (κ1) is 20.2. The molecule has 28 heavy (non-hydrogen) atoms. The molecule has 0 aliphatic rings. The van der Waals surface area contributed by atoms with Gasteiger partial charge in [0.1, 0.15) is 11.6 Å². The van der Waals surface area contributed by atoms with E-state index in [1.165, 1.54) is 10.9 Å². The molecule has 0 aliphatic carbocycles. The van der Waals surface area contributed by atoms with Crippen LogP contribution in [0.25, 0.3) is 5.82 Å². The number of hydrogen-bond donors (Lipinski definition) is 1. The third kappa shape index (κ3) is 5.03. The quantitative estimate of drug-likeness (QED) is 0.548. The third-order valence-corrected chi connectivity index (χ3v) is 4.47. The van der Waals surface area contributed by atoms with Crippen LogP contribution in [0.5, 0.6) is 5.75 Å². The number of aromatic nitrogens is 3. The Bertz CT molecular complexity index is 988. The van der Waals surface area contributed by atoms with Crippen LogP contribution in [-0.4, -0.2) is 27.3 Å². The minimum Gasteiger partial charge on any atom is -0.493 e. The van der Waals surface area contributed by atoms with Gasteiger partial charge >= 0.3 is 0 Å². The summed E-state index contributed by atoms with van der Waals surface area (Å²) in [5.41, 5.74) is 1.80. The highest BCUT2D eigenvalue weighted by molar-refractivity contribution is 6.35. The van der Waals surface area contributed by atoms with Gasteiger partial charge in [-0.05, 0) is 38.0 Å². The van der Waals surface area contributed by atoms with Crippen molar-refractivity contribution in [1.29, 1.82) is 0 Å². The van der Waals surface area contributed by atoms with Gasteiger partial charge in [0.15, 0.2) is 5.82 Å². The fraction of sp³-hybridized carbons (Fsp3) is 0.250. The fourth-order valence-corrected chi connectivity index (χ4v) is 3.11. The van der Waals surface area contributed by atoms with E-state index in [-0.39, 0.29) is 5.91 Å². The number of benzene rings is 1. The van der Waals surface area contributed by atoms with E-state index in [0.29, 0.717) is 41.1 Å². The van der Waals surface area contributed by atoms with E-state index in [9.17, 15) is 4.79 Å². The maximum absolute atomic E-state index is 12.3. The summed E-state index contributed by atoms with van der Waals surface area (Å²) in [6.07, 6.45) is 2.39. The Balaban J connectivity index is 1.59. The van der Waals surface area contributed by atoms with Crippen LogP contribution in [0.3, 0.4) is 0 Å².